The molecule has 2 atom stereocenters. The summed E-state index contributed by atoms with van der Waals surface area (Å²) in [6.07, 6.45) is 1.01. The number of aliphatic carboxylic acids is 1. The predicted molar refractivity (Wildman–Crippen MR) is 66.5 cm³/mol. The topological polar surface area (TPSA) is 92.4 Å². The van der Waals surface area contributed by atoms with Crippen LogP contribution in [0.1, 0.15) is 40.5 Å². The number of rotatable bonds is 7. The van der Waals surface area contributed by atoms with Gasteiger partial charge in [0.1, 0.15) is 6.04 Å². The third-order valence-electron chi connectivity index (χ3n) is 3.09. The normalized spacial score (nSPS) is 16.4. The number of carboxylic acid groups (broad SMARTS) is 1. The molecule has 0 aromatic heterocycles. The van der Waals surface area contributed by atoms with Gasteiger partial charge in [0.15, 0.2) is 0 Å². The molecule has 0 spiro atoms. The Labute approximate surface area is 103 Å². The van der Waals surface area contributed by atoms with Crippen LogP contribution in [0.25, 0.3) is 0 Å². The molecule has 0 aliphatic rings. The highest BCUT2D eigenvalue weighted by Gasteiger charge is 2.32. The van der Waals surface area contributed by atoms with Gasteiger partial charge in [-0.05, 0) is 25.7 Å². The zero-order valence-corrected chi connectivity index (χ0v) is 11.1. The predicted octanol–water partition coefficient (Wildman–Crippen LogP) is 0.977. The minimum absolute atomic E-state index is 0.210. The minimum atomic E-state index is -0.998. The number of carboxylic acids is 1. The number of nitrogens with two attached hydrogens (primary N) is 1. The average molecular weight is 244 g/mol. The summed E-state index contributed by atoms with van der Waals surface area (Å²) in [5.41, 5.74) is 4.87. The Hall–Kier alpha value is -1.10. The van der Waals surface area contributed by atoms with Gasteiger partial charge in [-0.1, -0.05) is 20.8 Å². The van der Waals surface area contributed by atoms with Crippen molar-refractivity contribution >= 4 is 11.9 Å². The van der Waals surface area contributed by atoms with Crippen molar-refractivity contribution in [2.75, 3.05) is 6.54 Å². The number of nitrogens with one attached hydrogen (secondary N) is 1. The third kappa shape index (κ3) is 4.73. The first kappa shape index (κ1) is 15.9. The highest BCUT2D eigenvalue weighted by Crippen LogP contribution is 2.20. The van der Waals surface area contributed by atoms with Crippen molar-refractivity contribution in [3.05, 3.63) is 0 Å². The van der Waals surface area contributed by atoms with Crippen molar-refractivity contribution in [1.82, 2.24) is 5.32 Å². The Morgan fingerprint density at radius 3 is 2.24 bits per heavy atom. The zero-order chi connectivity index (χ0) is 13.6. The van der Waals surface area contributed by atoms with Gasteiger partial charge in [0.2, 0.25) is 5.91 Å². The lowest BCUT2D eigenvalue weighted by Crippen LogP contribution is -2.50. The first-order valence-electron chi connectivity index (χ1n) is 6.00. The minimum Gasteiger partial charge on any atom is -0.480 e. The standard InChI is InChI=1S/C12H24N2O3/c1-5-12(4,7-13)11(17)14-9(10(15)16)6-8(2)3/h8-9H,5-7,13H2,1-4H3,(H,14,17)(H,15,16). The third-order valence-corrected chi connectivity index (χ3v) is 3.09. The largest absolute Gasteiger partial charge is 0.480 e. The van der Waals surface area contributed by atoms with Gasteiger partial charge in [0.25, 0.3) is 0 Å². The van der Waals surface area contributed by atoms with Gasteiger partial charge in [0.05, 0.1) is 5.41 Å². The zero-order valence-electron chi connectivity index (χ0n) is 11.1. The van der Waals surface area contributed by atoms with Crippen LogP contribution in [-0.4, -0.2) is 29.6 Å². The Balaban J connectivity index is 4.66. The van der Waals surface area contributed by atoms with Crippen molar-refractivity contribution < 1.29 is 14.7 Å². The Morgan fingerprint density at radius 2 is 1.94 bits per heavy atom. The molecule has 4 N–H and O–H groups in total. The molecule has 1 amide bonds. The summed E-state index contributed by atoms with van der Waals surface area (Å²) in [4.78, 5) is 23.0. The molecule has 2 unspecified atom stereocenters. The fourth-order valence-electron chi connectivity index (χ4n) is 1.42. The Kier molecular flexibility index (Phi) is 6.16. The fourth-order valence-corrected chi connectivity index (χ4v) is 1.42. The van der Waals surface area contributed by atoms with E-state index in [0.717, 1.165) is 0 Å². The smallest absolute Gasteiger partial charge is 0.326 e. The average Bonchev–Trinajstić information content (AvgIpc) is 2.26. The van der Waals surface area contributed by atoms with Gasteiger partial charge < -0.3 is 16.2 Å². The molecule has 0 bridgehead atoms. The van der Waals surface area contributed by atoms with Gasteiger partial charge >= 0.3 is 5.97 Å². The van der Waals surface area contributed by atoms with E-state index >= 15 is 0 Å². The second kappa shape index (κ2) is 6.59. The molecular formula is C12H24N2O3. The van der Waals surface area contributed by atoms with Crippen molar-refractivity contribution in [2.45, 2.75) is 46.6 Å². The Morgan fingerprint density at radius 1 is 1.41 bits per heavy atom. The van der Waals surface area contributed by atoms with Gasteiger partial charge in [-0.3, -0.25) is 4.79 Å². The molecule has 0 heterocycles. The maximum atomic E-state index is 12.0. The van der Waals surface area contributed by atoms with E-state index in [9.17, 15) is 9.59 Å². The van der Waals surface area contributed by atoms with E-state index in [1.165, 1.54) is 0 Å². The van der Waals surface area contributed by atoms with E-state index in [-0.39, 0.29) is 18.4 Å². The van der Waals surface area contributed by atoms with Gasteiger partial charge in [-0.2, -0.15) is 0 Å². The molecule has 0 aromatic carbocycles. The molecule has 0 radical (unpaired) electrons. The lowest BCUT2D eigenvalue weighted by atomic mass is 9.86. The molecule has 17 heavy (non-hydrogen) atoms. The number of carbonyl (C=O) groups excluding carboxylic acids is 1. The van der Waals surface area contributed by atoms with E-state index in [1.54, 1.807) is 6.92 Å². The van der Waals surface area contributed by atoms with Crippen LogP contribution in [0.3, 0.4) is 0 Å². The van der Waals surface area contributed by atoms with E-state index in [1.807, 2.05) is 20.8 Å². The molecule has 5 heteroatoms. The van der Waals surface area contributed by atoms with Gasteiger partial charge in [0, 0.05) is 6.54 Å². The van der Waals surface area contributed by atoms with Crippen LogP contribution in [-0.2, 0) is 9.59 Å². The van der Waals surface area contributed by atoms with E-state index in [2.05, 4.69) is 5.32 Å². The number of carbonyl (C=O) groups is 2. The molecular weight excluding hydrogens is 220 g/mol. The maximum Gasteiger partial charge on any atom is 0.326 e. The van der Waals surface area contributed by atoms with Crippen LogP contribution in [0.4, 0.5) is 0 Å². The molecule has 0 saturated heterocycles. The lowest BCUT2D eigenvalue weighted by molar-refractivity contribution is -0.144. The summed E-state index contributed by atoms with van der Waals surface area (Å²) in [7, 11) is 0. The number of amides is 1. The quantitative estimate of drug-likeness (QED) is 0.622. The Bertz CT molecular complexity index is 273. The monoisotopic (exact) mass is 244 g/mol. The first-order chi connectivity index (χ1) is 7.76. The highest BCUT2D eigenvalue weighted by atomic mass is 16.4. The summed E-state index contributed by atoms with van der Waals surface area (Å²) in [5, 5.41) is 11.6. The number of hydrogen-bond donors (Lipinski definition) is 3. The summed E-state index contributed by atoms with van der Waals surface area (Å²) in [6.45, 7) is 7.67. The second-order valence-corrected chi connectivity index (χ2v) is 5.11. The highest BCUT2D eigenvalue weighted by molar-refractivity contribution is 5.87. The molecule has 5 nitrogen and oxygen atoms in total. The van der Waals surface area contributed by atoms with Crippen molar-refractivity contribution in [1.29, 1.82) is 0 Å². The molecule has 0 aliphatic heterocycles. The van der Waals surface area contributed by atoms with Gasteiger partial charge in [-0.15, -0.1) is 0 Å². The van der Waals surface area contributed by atoms with E-state index < -0.39 is 17.4 Å². The summed E-state index contributed by atoms with van der Waals surface area (Å²) in [5.74, 6) is -1.07. The van der Waals surface area contributed by atoms with Crippen molar-refractivity contribution in [2.24, 2.45) is 17.1 Å². The summed E-state index contributed by atoms with van der Waals surface area (Å²) < 4.78 is 0. The van der Waals surface area contributed by atoms with Crippen LogP contribution in [0.15, 0.2) is 0 Å². The van der Waals surface area contributed by atoms with Crippen molar-refractivity contribution in [3.63, 3.8) is 0 Å². The van der Waals surface area contributed by atoms with Crippen LogP contribution < -0.4 is 11.1 Å². The number of hydrogen-bond acceptors (Lipinski definition) is 3. The van der Waals surface area contributed by atoms with Gasteiger partial charge in [-0.25, -0.2) is 4.79 Å². The molecule has 100 valence electrons. The SMILES string of the molecule is CCC(C)(CN)C(=O)NC(CC(C)C)C(=O)O. The van der Waals surface area contributed by atoms with E-state index in [4.69, 9.17) is 10.8 Å². The molecule has 0 aliphatic carbocycles. The van der Waals surface area contributed by atoms with Crippen LogP contribution in [0, 0.1) is 11.3 Å². The molecule has 0 fully saturated rings. The molecule has 0 rings (SSSR count). The van der Waals surface area contributed by atoms with Crippen molar-refractivity contribution in [3.8, 4) is 0 Å². The molecule has 0 aromatic rings. The first-order valence-corrected chi connectivity index (χ1v) is 6.00. The fraction of sp³-hybridized carbons (Fsp3) is 0.833. The van der Waals surface area contributed by atoms with Crippen LogP contribution >= 0.6 is 0 Å². The lowest BCUT2D eigenvalue weighted by Gasteiger charge is -2.27. The molecule has 0 saturated carbocycles. The summed E-state index contributed by atoms with van der Waals surface area (Å²) >= 11 is 0. The van der Waals surface area contributed by atoms with Crippen LogP contribution in [0.2, 0.25) is 0 Å². The maximum absolute atomic E-state index is 12.0. The second-order valence-electron chi connectivity index (χ2n) is 5.11. The van der Waals surface area contributed by atoms with Crippen LogP contribution in [0.5, 0.6) is 0 Å². The van der Waals surface area contributed by atoms with E-state index in [0.29, 0.717) is 12.8 Å². The summed E-state index contributed by atoms with van der Waals surface area (Å²) in [6, 6.07) is -0.833.